The smallest absolute Gasteiger partial charge is 0.118 e. The molecule has 0 saturated heterocycles. The molecular formula is C11H15NO. The number of benzene rings is 1. The summed E-state index contributed by atoms with van der Waals surface area (Å²) in [5.74, 6) is 0.371. The number of phenolic OH excluding ortho intramolecular Hbond substituents is 1. The molecule has 3 N–H and O–H groups in total. The molecule has 0 aromatic heterocycles. The van der Waals surface area contributed by atoms with Gasteiger partial charge >= 0.3 is 0 Å². The fraction of sp³-hybridized carbons (Fsp3) is 0.455. The number of hydrogen-bond donors (Lipinski definition) is 2. The lowest BCUT2D eigenvalue weighted by Gasteiger charge is -2.24. The van der Waals surface area contributed by atoms with E-state index in [0.717, 1.165) is 18.4 Å². The first kappa shape index (κ1) is 8.57. The predicted octanol–water partition coefficient (Wildman–Crippen LogP) is 2.04. The highest BCUT2D eigenvalue weighted by Gasteiger charge is 2.19. The molecule has 0 aliphatic heterocycles. The van der Waals surface area contributed by atoms with Gasteiger partial charge in [-0.15, -0.1) is 0 Å². The van der Waals surface area contributed by atoms with Crippen molar-refractivity contribution in [1.29, 1.82) is 0 Å². The molecule has 1 aromatic rings. The minimum Gasteiger partial charge on any atom is -0.508 e. The molecule has 1 aromatic carbocycles. The third kappa shape index (κ3) is 1.31. The Kier molecular flexibility index (Phi) is 2.00. The van der Waals surface area contributed by atoms with Crippen molar-refractivity contribution < 1.29 is 5.11 Å². The van der Waals surface area contributed by atoms with Crippen LogP contribution in [0.15, 0.2) is 12.1 Å². The summed E-state index contributed by atoms with van der Waals surface area (Å²) in [5, 5.41) is 9.54. The zero-order valence-corrected chi connectivity index (χ0v) is 7.88. The minimum absolute atomic E-state index is 0.121. The molecule has 0 spiro atoms. The maximum absolute atomic E-state index is 9.54. The zero-order valence-electron chi connectivity index (χ0n) is 7.88. The van der Waals surface area contributed by atoms with Crippen LogP contribution in [0.3, 0.4) is 0 Å². The Hall–Kier alpha value is -1.02. The van der Waals surface area contributed by atoms with E-state index in [-0.39, 0.29) is 6.04 Å². The molecule has 0 amide bonds. The van der Waals surface area contributed by atoms with Crippen LogP contribution in [0, 0.1) is 6.92 Å². The summed E-state index contributed by atoms with van der Waals surface area (Å²) in [5.41, 5.74) is 9.45. The summed E-state index contributed by atoms with van der Waals surface area (Å²) in [6.45, 7) is 1.94. The standard InChI is InChI=1S/C11H15NO/c1-7-10(13)6-5-8-3-2-4-9(12)11(7)8/h5-6,9,13H,2-4,12H2,1H3/t9-/m0/s1. The second kappa shape index (κ2) is 3.04. The molecule has 0 bridgehead atoms. The summed E-state index contributed by atoms with van der Waals surface area (Å²) >= 11 is 0. The molecule has 1 aliphatic carbocycles. The number of rotatable bonds is 0. The van der Waals surface area contributed by atoms with Crippen LogP contribution in [-0.2, 0) is 6.42 Å². The molecule has 13 heavy (non-hydrogen) atoms. The van der Waals surface area contributed by atoms with Crippen molar-refractivity contribution in [3.8, 4) is 5.75 Å². The number of nitrogens with two attached hydrogens (primary N) is 1. The van der Waals surface area contributed by atoms with Gasteiger partial charge in [0, 0.05) is 6.04 Å². The highest BCUT2D eigenvalue weighted by atomic mass is 16.3. The van der Waals surface area contributed by atoms with Crippen molar-refractivity contribution >= 4 is 0 Å². The van der Waals surface area contributed by atoms with E-state index < -0.39 is 0 Å². The number of fused-ring (bicyclic) bond motifs is 1. The number of aromatic hydroxyl groups is 1. The van der Waals surface area contributed by atoms with E-state index in [9.17, 15) is 5.11 Å². The first-order valence-electron chi connectivity index (χ1n) is 4.77. The van der Waals surface area contributed by atoms with Crippen molar-refractivity contribution in [3.63, 3.8) is 0 Å². The Morgan fingerprint density at radius 2 is 2.23 bits per heavy atom. The average molecular weight is 177 g/mol. The Balaban J connectivity index is 2.58. The molecule has 0 saturated carbocycles. The number of hydrogen-bond acceptors (Lipinski definition) is 2. The highest BCUT2D eigenvalue weighted by molar-refractivity contribution is 5.46. The van der Waals surface area contributed by atoms with Gasteiger partial charge in [0.15, 0.2) is 0 Å². The maximum atomic E-state index is 9.54. The van der Waals surface area contributed by atoms with E-state index in [1.54, 1.807) is 6.07 Å². The van der Waals surface area contributed by atoms with Crippen LogP contribution in [0.5, 0.6) is 5.75 Å². The lowest BCUT2D eigenvalue weighted by Crippen LogP contribution is -2.18. The van der Waals surface area contributed by atoms with Gasteiger partial charge in [0.1, 0.15) is 5.75 Å². The SMILES string of the molecule is Cc1c(O)ccc2c1[C@@H](N)CCC2. The van der Waals surface area contributed by atoms with Gasteiger partial charge in [-0.2, -0.15) is 0 Å². The fourth-order valence-corrected chi connectivity index (χ4v) is 2.16. The van der Waals surface area contributed by atoms with Gasteiger partial charge in [0.2, 0.25) is 0 Å². The van der Waals surface area contributed by atoms with Gasteiger partial charge in [0.05, 0.1) is 0 Å². The predicted molar refractivity (Wildman–Crippen MR) is 52.7 cm³/mol. The van der Waals surface area contributed by atoms with E-state index in [2.05, 4.69) is 0 Å². The van der Waals surface area contributed by atoms with Gasteiger partial charge in [-0.25, -0.2) is 0 Å². The first-order valence-corrected chi connectivity index (χ1v) is 4.77. The fourth-order valence-electron chi connectivity index (χ4n) is 2.16. The monoisotopic (exact) mass is 177 g/mol. The second-order valence-electron chi connectivity index (χ2n) is 3.78. The highest BCUT2D eigenvalue weighted by Crippen LogP contribution is 2.34. The van der Waals surface area contributed by atoms with Crippen molar-refractivity contribution in [2.75, 3.05) is 0 Å². The molecule has 1 atom stereocenters. The van der Waals surface area contributed by atoms with Crippen LogP contribution in [0.1, 0.15) is 35.6 Å². The van der Waals surface area contributed by atoms with Crippen LogP contribution in [0.25, 0.3) is 0 Å². The van der Waals surface area contributed by atoms with Crippen LogP contribution in [-0.4, -0.2) is 5.11 Å². The lowest BCUT2D eigenvalue weighted by atomic mass is 9.85. The molecule has 0 fully saturated rings. The van der Waals surface area contributed by atoms with Gasteiger partial charge in [-0.1, -0.05) is 6.07 Å². The third-order valence-corrected chi connectivity index (χ3v) is 2.91. The van der Waals surface area contributed by atoms with Crippen LogP contribution < -0.4 is 5.73 Å². The Morgan fingerprint density at radius 1 is 1.46 bits per heavy atom. The normalized spacial score (nSPS) is 21.2. The molecule has 2 heteroatoms. The van der Waals surface area contributed by atoms with Crippen molar-refractivity contribution in [2.24, 2.45) is 5.73 Å². The Bertz CT molecular complexity index is 333. The largest absolute Gasteiger partial charge is 0.508 e. The first-order chi connectivity index (χ1) is 6.20. The van der Waals surface area contributed by atoms with Gasteiger partial charge < -0.3 is 10.8 Å². The lowest BCUT2D eigenvalue weighted by molar-refractivity contribution is 0.465. The van der Waals surface area contributed by atoms with E-state index in [1.807, 2.05) is 13.0 Å². The van der Waals surface area contributed by atoms with Gasteiger partial charge in [0.25, 0.3) is 0 Å². The van der Waals surface area contributed by atoms with Crippen LogP contribution >= 0.6 is 0 Å². The van der Waals surface area contributed by atoms with E-state index in [0.29, 0.717) is 5.75 Å². The third-order valence-electron chi connectivity index (χ3n) is 2.91. The maximum Gasteiger partial charge on any atom is 0.118 e. The summed E-state index contributed by atoms with van der Waals surface area (Å²) in [6, 6.07) is 3.89. The molecule has 0 unspecified atom stereocenters. The van der Waals surface area contributed by atoms with Crippen LogP contribution in [0.4, 0.5) is 0 Å². The quantitative estimate of drug-likeness (QED) is 0.637. The van der Waals surface area contributed by atoms with E-state index in [4.69, 9.17) is 5.73 Å². The summed E-state index contributed by atoms with van der Waals surface area (Å²) < 4.78 is 0. The zero-order chi connectivity index (χ0) is 9.42. The second-order valence-corrected chi connectivity index (χ2v) is 3.78. The molecule has 2 rings (SSSR count). The van der Waals surface area contributed by atoms with Crippen molar-refractivity contribution in [2.45, 2.75) is 32.2 Å². The molecule has 0 heterocycles. The Labute approximate surface area is 78.4 Å². The van der Waals surface area contributed by atoms with Crippen LogP contribution in [0.2, 0.25) is 0 Å². The topological polar surface area (TPSA) is 46.2 Å². The molecule has 1 aliphatic rings. The van der Waals surface area contributed by atoms with E-state index >= 15 is 0 Å². The summed E-state index contributed by atoms with van der Waals surface area (Å²) in [4.78, 5) is 0. The van der Waals surface area contributed by atoms with Crippen molar-refractivity contribution in [1.82, 2.24) is 0 Å². The van der Waals surface area contributed by atoms with Gasteiger partial charge in [-0.05, 0) is 48.9 Å². The number of aryl methyl sites for hydroxylation is 1. The minimum atomic E-state index is 0.121. The number of phenols is 1. The summed E-state index contributed by atoms with van der Waals surface area (Å²) in [6.07, 6.45) is 3.31. The van der Waals surface area contributed by atoms with Crippen molar-refractivity contribution in [3.05, 3.63) is 28.8 Å². The van der Waals surface area contributed by atoms with E-state index in [1.165, 1.54) is 17.5 Å². The molecule has 2 nitrogen and oxygen atoms in total. The molecule has 70 valence electrons. The molecular weight excluding hydrogens is 162 g/mol. The Morgan fingerprint density at radius 3 is 3.00 bits per heavy atom. The molecule has 0 radical (unpaired) electrons. The summed E-state index contributed by atoms with van der Waals surface area (Å²) in [7, 11) is 0. The average Bonchev–Trinajstić information content (AvgIpc) is 2.12. The van der Waals surface area contributed by atoms with Gasteiger partial charge in [-0.3, -0.25) is 0 Å².